The molecule has 0 heterocycles. The summed E-state index contributed by atoms with van der Waals surface area (Å²) in [4.78, 5) is 11.3. The Bertz CT molecular complexity index is 490. The summed E-state index contributed by atoms with van der Waals surface area (Å²) in [6.07, 6.45) is 2.60. The summed E-state index contributed by atoms with van der Waals surface area (Å²) >= 11 is 5.91. The van der Waals surface area contributed by atoms with Crippen molar-refractivity contribution in [2.45, 2.75) is 12.8 Å². The van der Waals surface area contributed by atoms with Crippen molar-refractivity contribution >= 4 is 23.6 Å². The van der Waals surface area contributed by atoms with Gasteiger partial charge in [0.1, 0.15) is 6.61 Å². The van der Waals surface area contributed by atoms with Gasteiger partial charge in [-0.1, -0.05) is 23.7 Å². The maximum atomic E-state index is 12.7. The molecular formula is C13H14ClF2NO2. The highest BCUT2D eigenvalue weighted by Crippen LogP contribution is 2.17. The Morgan fingerprint density at radius 2 is 2.21 bits per heavy atom. The predicted molar refractivity (Wildman–Crippen MR) is 70.3 cm³/mol. The van der Waals surface area contributed by atoms with E-state index in [-0.39, 0.29) is 0 Å². The predicted octanol–water partition coefficient (Wildman–Crippen LogP) is 2.41. The SMILES string of the molecule is Cc1ccc(/C=C/C(=O)NCC(F)(F)CO)cc1Cl. The third-order valence-corrected chi connectivity index (χ3v) is 2.78. The molecule has 1 rings (SSSR count). The van der Waals surface area contributed by atoms with E-state index in [1.807, 2.05) is 12.2 Å². The van der Waals surface area contributed by atoms with Crippen molar-refractivity contribution in [3.63, 3.8) is 0 Å². The van der Waals surface area contributed by atoms with E-state index in [1.165, 1.54) is 6.08 Å². The van der Waals surface area contributed by atoms with Crippen LogP contribution in [-0.4, -0.2) is 30.1 Å². The van der Waals surface area contributed by atoms with Crippen molar-refractivity contribution < 1.29 is 18.7 Å². The molecule has 0 saturated carbocycles. The van der Waals surface area contributed by atoms with E-state index in [0.717, 1.165) is 11.6 Å². The number of halogens is 3. The standard InChI is InChI=1S/C13H14ClF2NO2/c1-9-2-3-10(6-11(9)14)4-5-12(19)17-7-13(15,16)8-18/h2-6,18H,7-8H2,1H3,(H,17,19)/b5-4+. The number of carbonyl (C=O) groups is 1. The van der Waals surface area contributed by atoms with Crippen LogP contribution in [0.3, 0.4) is 0 Å². The zero-order chi connectivity index (χ0) is 14.5. The second-order valence-electron chi connectivity index (χ2n) is 4.07. The van der Waals surface area contributed by atoms with Crippen LogP contribution in [0.25, 0.3) is 6.08 Å². The number of carbonyl (C=O) groups excluding carboxylic acids is 1. The molecule has 3 nitrogen and oxygen atoms in total. The minimum atomic E-state index is -3.31. The quantitative estimate of drug-likeness (QED) is 0.818. The van der Waals surface area contributed by atoms with Crippen LogP contribution >= 0.6 is 11.6 Å². The molecule has 0 atom stereocenters. The lowest BCUT2D eigenvalue weighted by molar-refractivity contribution is -0.119. The molecule has 0 unspecified atom stereocenters. The van der Waals surface area contributed by atoms with Gasteiger partial charge in [0.05, 0.1) is 6.54 Å². The molecule has 1 aromatic carbocycles. The summed E-state index contributed by atoms with van der Waals surface area (Å²) in [7, 11) is 0. The highest BCUT2D eigenvalue weighted by Gasteiger charge is 2.27. The van der Waals surface area contributed by atoms with Gasteiger partial charge < -0.3 is 10.4 Å². The number of hydrogen-bond donors (Lipinski definition) is 2. The summed E-state index contributed by atoms with van der Waals surface area (Å²) in [5.41, 5.74) is 1.60. The van der Waals surface area contributed by atoms with Crippen molar-refractivity contribution in [2.24, 2.45) is 0 Å². The van der Waals surface area contributed by atoms with Crippen molar-refractivity contribution in [3.8, 4) is 0 Å². The number of hydrogen-bond acceptors (Lipinski definition) is 2. The van der Waals surface area contributed by atoms with Crippen LogP contribution in [0.5, 0.6) is 0 Å². The summed E-state index contributed by atoms with van der Waals surface area (Å²) in [6, 6.07) is 5.22. The Morgan fingerprint density at radius 1 is 1.53 bits per heavy atom. The van der Waals surface area contributed by atoms with Gasteiger partial charge in [-0.15, -0.1) is 0 Å². The summed E-state index contributed by atoms with van der Waals surface area (Å²) in [5.74, 6) is -3.97. The van der Waals surface area contributed by atoms with Crippen LogP contribution in [0.2, 0.25) is 5.02 Å². The molecule has 0 bridgehead atoms. The largest absolute Gasteiger partial charge is 0.390 e. The maximum absolute atomic E-state index is 12.7. The van der Waals surface area contributed by atoms with E-state index in [1.54, 1.807) is 18.2 Å². The Labute approximate surface area is 114 Å². The summed E-state index contributed by atoms with van der Waals surface area (Å²) < 4.78 is 25.3. The molecule has 1 amide bonds. The van der Waals surface area contributed by atoms with E-state index in [9.17, 15) is 13.6 Å². The Hall–Kier alpha value is -1.46. The van der Waals surface area contributed by atoms with Gasteiger partial charge in [0, 0.05) is 11.1 Å². The van der Waals surface area contributed by atoms with Crippen LogP contribution in [-0.2, 0) is 4.79 Å². The van der Waals surface area contributed by atoms with Crippen LogP contribution in [0, 0.1) is 6.92 Å². The average molecular weight is 290 g/mol. The molecule has 0 radical (unpaired) electrons. The number of amides is 1. The third kappa shape index (κ3) is 5.36. The first kappa shape index (κ1) is 15.6. The third-order valence-electron chi connectivity index (χ3n) is 2.38. The Kier molecular flexibility index (Phi) is 5.44. The first-order chi connectivity index (χ1) is 8.84. The van der Waals surface area contributed by atoms with Crippen LogP contribution in [0.15, 0.2) is 24.3 Å². The smallest absolute Gasteiger partial charge is 0.287 e. The molecule has 104 valence electrons. The lowest BCUT2D eigenvalue weighted by atomic mass is 10.1. The van der Waals surface area contributed by atoms with Gasteiger partial charge in [-0.2, -0.15) is 0 Å². The molecule has 0 spiro atoms. The molecule has 0 saturated heterocycles. The Morgan fingerprint density at radius 3 is 2.79 bits per heavy atom. The molecule has 0 aliphatic rings. The van der Waals surface area contributed by atoms with E-state index >= 15 is 0 Å². The second-order valence-corrected chi connectivity index (χ2v) is 4.48. The molecule has 0 fully saturated rings. The van der Waals surface area contributed by atoms with Gasteiger partial charge in [-0.05, 0) is 30.2 Å². The normalized spacial score (nSPS) is 11.8. The Balaban J connectivity index is 2.56. The fourth-order valence-electron chi connectivity index (χ4n) is 1.22. The lowest BCUT2D eigenvalue weighted by Crippen LogP contribution is -2.38. The number of aliphatic hydroxyl groups excluding tert-OH is 1. The van der Waals surface area contributed by atoms with E-state index < -0.39 is 25.0 Å². The number of nitrogens with one attached hydrogen (secondary N) is 1. The van der Waals surface area contributed by atoms with Crippen molar-refractivity contribution in [3.05, 3.63) is 40.4 Å². The van der Waals surface area contributed by atoms with Gasteiger partial charge in [0.2, 0.25) is 5.91 Å². The number of rotatable bonds is 5. The first-order valence-electron chi connectivity index (χ1n) is 5.55. The lowest BCUT2D eigenvalue weighted by Gasteiger charge is -2.12. The molecule has 0 aliphatic heterocycles. The highest BCUT2D eigenvalue weighted by atomic mass is 35.5. The second kappa shape index (κ2) is 6.63. The topological polar surface area (TPSA) is 49.3 Å². The van der Waals surface area contributed by atoms with Crippen LogP contribution in [0.4, 0.5) is 8.78 Å². The maximum Gasteiger partial charge on any atom is 0.287 e. The minimum Gasteiger partial charge on any atom is -0.390 e. The van der Waals surface area contributed by atoms with E-state index in [2.05, 4.69) is 0 Å². The van der Waals surface area contributed by atoms with E-state index in [4.69, 9.17) is 16.7 Å². The minimum absolute atomic E-state index is 0.564. The van der Waals surface area contributed by atoms with Crippen LogP contribution in [0.1, 0.15) is 11.1 Å². The number of benzene rings is 1. The van der Waals surface area contributed by atoms with Crippen molar-refractivity contribution in [1.29, 1.82) is 0 Å². The van der Waals surface area contributed by atoms with Gasteiger partial charge in [0.25, 0.3) is 5.92 Å². The first-order valence-corrected chi connectivity index (χ1v) is 5.92. The zero-order valence-corrected chi connectivity index (χ0v) is 11.0. The molecule has 6 heteroatoms. The molecular weight excluding hydrogens is 276 g/mol. The number of alkyl halides is 2. The highest BCUT2D eigenvalue weighted by molar-refractivity contribution is 6.31. The molecule has 0 aliphatic carbocycles. The summed E-state index contributed by atoms with van der Waals surface area (Å²) in [6.45, 7) is -0.356. The monoisotopic (exact) mass is 289 g/mol. The average Bonchev–Trinajstić information content (AvgIpc) is 2.38. The molecule has 19 heavy (non-hydrogen) atoms. The fourth-order valence-corrected chi connectivity index (χ4v) is 1.40. The molecule has 1 aromatic rings. The van der Waals surface area contributed by atoms with Crippen molar-refractivity contribution in [1.82, 2.24) is 5.32 Å². The molecule has 2 N–H and O–H groups in total. The van der Waals surface area contributed by atoms with E-state index in [0.29, 0.717) is 10.6 Å². The number of aryl methyl sites for hydroxylation is 1. The van der Waals surface area contributed by atoms with Gasteiger partial charge >= 0.3 is 0 Å². The van der Waals surface area contributed by atoms with Gasteiger partial charge in [-0.3, -0.25) is 4.79 Å². The van der Waals surface area contributed by atoms with Gasteiger partial charge in [0.15, 0.2) is 0 Å². The van der Waals surface area contributed by atoms with Crippen molar-refractivity contribution in [2.75, 3.05) is 13.2 Å². The summed E-state index contributed by atoms with van der Waals surface area (Å²) in [5, 5.41) is 10.9. The van der Waals surface area contributed by atoms with Crippen LogP contribution < -0.4 is 5.32 Å². The zero-order valence-electron chi connectivity index (χ0n) is 10.3. The van der Waals surface area contributed by atoms with Gasteiger partial charge in [-0.25, -0.2) is 8.78 Å². The molecule has 0 aromatic heterocycles. The fraction of sp³-hybridized carbons (Fsp3) is 0.308. The number of aliphatic hydroxyl groups is 1.